The minimum atomic E-state index is -0.172. The van der Waals surface area contributed by atoms with Crippen molar-refractivity contribution in [3.05, 3.63) is 108 Å². The van der Waals surface area contributed by atoms with E-state index in [1.807, 2.05) is 85.9 Å². The van der Waals surface area contributed by atoms with Crippen LogP contribution in [0.15, 0.2) is 91.5 Å². The molecule has 0 radical (unpaired) electrons. The number of hydrogen-bond donors (Lipinski definition) is 1. The van der Waals surface area contributed by atoms with Gasteiger partial charge in [0.2, 0.25) is 0 Å². The molecular formula is C30H35N3O2. The third-order valence-electron chi connectivity index (χ3n) is 6.98. The number of phenols is 1. The lowest BCUT2D eigenvalue weighted by Gasteiger charge is -2.47. The highest BCUT2D eigenvalue weighted by Crippen LogP contribution is 2.36. The minimum Gasteiger partial charge on any atom is -0.508 e. The van der Waals surface area contributed by atoms with Crippen LogP contribution in [0.4, 0.5) is 5.69 Å². The molecule has 3 aromatic rings. The molecule has 1 saturated heterocycles. The number of carbonyl (C=O) groups is 1. The van der Waals surface area contributed by atoms with Gasteiger partial charge in [0.1, 0.15) is 5.75 Å². The van der Waals surface area contributed by atoms with E-state index < -0.39 is 0 Å². The van der Waals surface area contributed by atoms with Gasteiger partial charge in [-0.25, -0.2) is 0 Å². The Labute approximate surface area is 208 Å². The summed E-state index contributed by atoms with van der Waals surface area (Å²) in [5.74, 6) is 0.173. The highest BCUT2D eigenvalue weighted by Gasteiger charge is 2.36. The van der Waals surface area contributed by atoms with Crippen LogP contribution in [0.25, 0.3) is 0 Å². The molecule has 5 heteroatoms. The molecule has 0 bridgehead atoms. The van der Waals surface area contributed by atoms with Gasteiger partial charge in [-0.3, -0.25) is 14.6 Å². The summed E-state index contributed by atoms with van der Waals surface area (Å²) in [5.41, 5.74) is 3.44. The molecule has 4 rings (SSSR count). The van der Waals surface area contributed by atoms with E-state index in [1.54, 1.807) is 11.0 Å². The number of amides is 1. The number of nitrogens with zero attached hydrogens (tertiary/aromatic N) is 3. The number of anilines is 1. The Morgan fingerprint density at radius 2 is 1.74 bits per heavy atom. The topological polar surface area (TPSA) is 47.0 Å². The normalized spacial score (nSPS) is 19.7. The Kier molecular flexibility index (Phi) is 7.69. The second-order valence-electron chi connectivity index (χ2n) is 9.42. The maximum atomic E-state index is 13.8. The van der Waals surface area contributed by atoms with E-state index >= 15 is 0 Å². The third-order valence-corrected chi connectivity index (χ3v) is 6.98. The summed E-state index contributed by atoms with van der Waals surface area (Å²) in [4.78, 5) is 20.4. The molecule has 1 heterocycles. The minimum absolute atomic E-state index is 0.0528. The Morgan fingerprint density at radius 3 is 2.46 bits per heavy atom. The lowest BCUT2D eigenvalue weighted by molar-refractivity contribution is 0.0304. The standard InChI is InChI=1S/C30H35N3O2/c1-5-18-32-20-23(3)33(21-22(32)2)29(24-12-11-15-26(34)19-24)27-16-9-10-17-28(27)30(35)31(4)25-13-7-6-8-14-25/h5-17,19,22-23,29,34H,1,18,20-21H2,2-4H3/t22-,23+,29-/m1/s1. The van der Waals surface area contributed by atoms with Crippen molar-refractivity contribution in [3.8, 4) is 5.75 Å². The number of rotatable bonds is 7. The summed E-state index contributed by atoms with van der Waals surface area (Å²) >= 11 is 0. The molecule has 35 heavy (non-hydrogen) atoms. The predicted molar refractivity (Wildman–Crippen MR) is 143 cm³/mol. The molecule has 182 valence electrons. The van der Waals surface area contributed by atoms with Gasteiger partial charge in [-0.1, -0.05) is 54.6 Å². The molecular weight excluding hydrogens is 434 g/mol. The molecule has 0 saturated carbocycles. The molecule has 1 aliphatic rings. The lowest BCUT2D eigenvalue weighted by atomic mass is 9.90. The fraction of sp³-hybridized carbons (Fsp3) is 0.300. The van der Waals surface area contributed by atoms with Gasteiger partial charge >= 0.3 is 0 Å². The molecule has 1 aliphatic heterocycles. The van der Waals surface area contributed by atoms with Crippen molar-refractivity contribution in [3.63, 3.8) is 0 Å². The van der Waals surface area contributed by atoms with Gasteiger partial charge in [0.15, 0.2) is 0 Å². The van der Waals surface area contributed by atoms with Gasteiger partial charge < -0.3 is 10.0 Å². The largest absolute Gasteiger partial charge is 0.508 e. The van der Waals surface area contributed by atoms with Gasteiger partial charge in [0.25, 0.3) is 5.91 Å². The van der Waals surface area contributed by atoms with Crippen LogP contribution in [0.1, 0.15) is 41.4 Å². The molecule has 5 nitrogen and oxygen atoms in total. The van der Waals surface area contributed by atoms with Gasteiger partial charge in [-0.15, -0.1) is 6.58 Å². The Hall–Kier alpha value is -3.41. The first kappa shape index (κ1) is 24.7. The zero-order valence-electron chi connectivity index (χ0n) is 20.8. The van der Waals surface area contributed by atoms with Crippen LogP contribution in [0, 0.1) is 0 Å². The molecule has 1 amide bonds. The molecule has 0 unspecified atom stereocenters. The van der Waals surface area contributed by atoms with Crippen LogP contribution < -0.4 is 4.90 Å². The van der Waals surface area contributed by atoms with E-state index in [-0.39, 0.29) is 23.7 Å². The number of para-hydroxylation sites is 1. The van der Waals surface area contributed by atoms with Crippen LogP contribution in [0.2, 0.25) is 0 Å². The third kappa shape index (κ3) is 5.31. The van der Waals surface area contributed by atoms with E-state index in [9.17, 15) is 9.90 Å². The summed E-state index contributed by atoms with van der Waals surface area (Å²) in [6.07, 6.45) is 1.96. The number of carbonyl (C=O) groups excluding carboxylic acids is 1. The van der Waals surface area contributed by atoms with Crippen molar-refractivity contribution in [1.29, 1.82) is 0 Å². The maximum Gasteiger partial charge on any atom is 0.258 e. The smallest absolute Gasteiger partial charge is 0.258 e. The van der Waals surface area contributed by atoms with Gasteiger partial charge in [-0.2, -0.15) is 0 Å². The Bertz CT molecular complexity index is 1160. The van der Waals surface area contributed by atoms with E-state index in [0.29, 0.717) is 11.6 Å². The highest BCUT2D eigenvalue weighted by atomic mass is 16.3. The maximum absolute atomic E-state index is 13.8. The second-order valence-corrected chi connectivity index (χ2v) is 9.42. The summed E-state index contributed by atoms with van der Waals surface area (Å²) in [6.45, 7) is 11.0. The first-order valence-electron chi connectivity index (χ1n) is 12.2. The van der Waals surface area contributed by atoms with Crippen molar-refractivity contribution < 1.29 is 9.90 Å². The van der Waals surface area contributed by atoms with Gasteiger partial charge in [0, 0.05) is 50.0 Å². The van der Waals surface area contributed by atoms with Crippen LogP contribution in [-0.4, -0.2) is 59.6 Å². The summed E-state index contributed by atoms with van der Waals surface area (Å²) in [6, 6.07) is 25.4. The number of benzene rings is 3. The average Bonchev–Trinajstić information content (AvgIpc) is 2.87. The van der Waals surface area contributed by atoms with Crippen molar-refractivity contribution in [2.75, 3.05) is 31.6 Å². The van der Waals surface area contributed by atoms with Crippen molar-refractivity contribution >= 4 is 11.6 Å². The van der Waals surface area contributed by atoms with Crippen LogP contribution in [0.5, 0.6) is 5.75 Å². The number of phenolic OH excluding ortho intramolecular Hbond substituents is 1. The Balaban J connectivity index is 1.78. The van der Waals surface area contributed by atoms with Crippen molar-refractivity contribution in [1.82, 2.24) is 9.80 Å². The summed E-state index contributed by atoms with van der Waals surface area (Å²) < 4.78 is 0. The number of hydrogen-bond acceptors (Lipinski definition) is 4. The number of piperazine rings is 1. The fourth-order valence-corrected chi connectivity index (χ4v) is 5.13. The van der Waals surface area contributed by atoms with E-state index in [1.165, 1.54) is 0 Å². The van der Waals surface area contributed by atoms with Crippen LogP contribution in [0.3, 0.4) is 0 Å². The predicted octanol–water partition coefficient (Wildman–Crippen LogP) is 5.34. The first-order valence-corrected chi connectivity index (χ1v) is 12.2. The summed E-state index contributed by atoms with van der Waals surface area (Å²) in [7, 11) is 1.82. The fourth-order valence-electron chi connectivity index (χ4n) is 5.13. The molecule has 0 aliphatic carbocycles. The van der Waals surface area contributed by atoms with Gasteiger partial charge in [0.05, 0.1) is 6.04 Å². The monoisotopic (exact) mass is 469 g/mol. The van der Waals surface area contributed by atoms with E-state index in [4.69, 9.17) is 0 Å². The molecule has 1 fully saturated rings. The van der Waals surface area contributed by atoms with E-state index in [0.717, 1.165) is 36.4 Å². The zero-order valence-corrected chi connectivity index (χ0v) is 20.8. The lowest BCUT2D eigenvalue weighted by Crippen LogP contribution is -2.57. The molecule has 3 aromatic carbocycles. The molecule has 1 N–H and O–H groups in total. The Morgan fingerprint density at radius 1 is 1.03 bits per heavy atom. The van der Waals surface area contributed by atoms with Crippen molar-refractivity contribution in [2.45, 2.75) is 32.0 Å². The van der Waals surface area contributed by atoms with E-state index in [2.05, 4.69) is 30.2 Å². The van der Waals surface area contributed by atoms with Gasteiger partial charge in [-0.05, 0) is 55.3 Å². The van der Waals surface area contributed by atoms with Crippen molar-refractivity contribution in [2.24, 2.45) is 0 Å². The average molecular weight is 470 g/mol. The first-order chi connectivity index (χ1) is 16.9. The second kappa shape index (κ2) is 10.9. The van der Waals surface area contributed by atoms with Crippen LogP contribution in [-0.2, 0) is 0 Å². The number of aromatic hydroxyl groups is 1. The molecule has 0 aromatic heterocycles. The molecule has 0 spiro atoms. The summed E-state index contributed by atoms with van der Waals surface area (Å²) in [5, 5.41) is 10.3. The zero-order chi connectivity index (χ0) is 24.9. The SMILES string of the molecule is C=CCN1C[C@H](C)N([C@H](c2cccc(O)c2)c2ccccc2C(=O)N(C)c2ccccc2)C[C@H]1C. The highest BCUT2D eigenvalue weighted by molar-refractivity contribution is 6.06. The van der Waals surface area contributed by atoms with Crippen LogP contribution >= 0.6 is 0 Å². The quantitative estimate of drug-likeness (QED) is 0.475. The molecule has 3 atom stereocenters.